The van der Waals surface area contributed by atoms with Gasteiger partial charge in [-0.15, -0.1) is 0 Å². The first kappa shape index (κ1) is 14.0. The minimum Gasteiger partial charge on any atom is -0.372 e. The van der Waals surface area contributed by atoms with E-state index in [0.29, 0.717) is 6.04 Å². The van der Waals surface area contributed by atoms with Crippen molar-refractivity contribution in [1.29, 1.82) is 0 Å². The zero-order valence-corrected chi connectivity index (χ0v) is 11.5. The predicted molar refractivity (Wildman–Crippen MR) is 73.1 cm³/mol. The number of rotatable bonds is 6. The second kappa shape index (κ2) is 6.63. The van der Waals surface area contributed by atoms with Crippen LogP contribution < -0.4 is 4.90 Å². The van der Waals surface area contributed by atoms with Crippen molar-refractivity contribution in [2.24, 2.45) is 0 Å². The molecular weight excluding hydrogens is 213 g/mol. The van der Waals surface area contributed by atoms with Crippen LogP contribution in [0.1, 0.15) is 45.1 Å². The maximum absolute atomic E-state index is 13.2. The summed E-state index contributed by atoms with van der Waals surface area (Å²) in [5.41, 5.74) is 1.82. The van der Waals surface area contributed by atoms with Crippen LogP contribution in [-0.4, -0.2) is 13.1 Å². The fraction of sp³-hybridized carbons (Fsp3) is 0.600. The van der Waals surface area contributed by atoms with Gasteiger partial charge in [0.05, 0.1) is 0 Å². The molecule has 1 unspecified atom stereocenters. The van der Waals surface area contributed by atoms with Crippen molar-refractivity contribution in [3.05, 3.63) is 29.6 Å². The number of anilines is 1. The minimum atomic E-state index is -0.124. The predicted octanol–water partition coefficient (Wildman–Crippen LogP) is 4.54. The van der Waals surface area contributed by atoms with Gasteiger partial charge in [0.1, 0.15) is 5.82 Å². The lowest BCUT2D eigenvalue weighted by molar-refractivity contribution is 0.568. The SMILES string of the molecule is CCCCCC(C)N(C)c1ccc(F)c(C)c1. The van der Waals surface area contributed by atoms with Gasteiger partial charge in [0, 0.05) is 18.8 Å². The molecule has 0 N–H and O–H groups in total. The van der Waals surface area contributed by atoms with Gasteiger partial charge in [-0.05, 0) is 44.0 Å². The Hall–Kier alpha value is -1.05. The highest BCUT2D eigenvalue weighted by molar-refractivity contribution is 5.48. The van der Waals surface area contributed by atoms with E-state index in [2.05, 4.69) is 25.8 Å². The highest BCUT2D eigenvalue weighted by Gasteiger charge is 2.10. The lowest BCUT2D eigenvalue weighted by atomic mass is 10.1. The molecule has 0 heterocycles. The zero-order valence-electron chi connectivity index (χ0n) is 11.5. The number of unbranched alkanes of at least 4 members (excludes halogenated alkanes) is 2. The molecule has 1 aromatic rings. The van der Waals surface area contributed by atoms with Gasteiger partial charge in [-0.1, -0.05) is 26.2 Å². The lowest BCUT2D eigenvalue weighted by Crippen LogP contribution is -2.28. The largest absolute Gasteiger partial charge is 0.372 e. The molecule has 0 radical (unpaired) electrons. The van der Waals surface area contributed by atoms with Crippen LogP contribution in [-0.2, 0) is 0 Å². The summed E-state index contributed by atoms with van der Waals surface area (Å²) >= 11 is 0. The molecule has 1 aromatic carbocycles. The Bertz CT molecular complexity index is 349. The van der Waals surface area contributed by atoms with E-state index in [0.717, 1.165) is 11.3 Å². The first-order valence-electron chi connectivity index (χ1n) is 6.55. The van der Waals surface area contributed by atoms with Gasteiger partial charge in [0.2, 0.25) is 0 Å². The third-order valence-electron chi connectivity index (χ3n) is 3.44. The van der Waals surface area contributed by atoms with E-state index in [1.54, 1.807) is 6.07 Å². The van der Waals surface area contributed by atoms with Gasteiger partial charge in [-0.3, -0.25) is 0 Å². The van der Waals surface area contributed by atoms with Crippen LogP contribution in [0.25, 0.3) is 0 Å². The number of aryl methyl sites for hydroxylation is 1. The van der Waals surface area contributed by atoms with E-state index in [9.17, 15) is 4.39 Å². The quantitative estimate of drug-likeness (QED) is 0.657. The van der Waals surface area contributed by atoms with Gasteiger partial charge in [-0.25, -0.2) is 4.39 Å². The second-order valence-corrected chi connectivity index (χ2v) is 4.89. The maximum atomic E-state index is 13.2. The average Bonchev–Trinajstić information content (AvgIpc) is 2.32. The highest BCUT2D eigenvalue weighted by atomic mass is 19.1. The third kappa shape index (κ3) is 4.03. The molecular formula is C15H24FN. The number of halogens is 1. The van der Waals surface area contributed by atoms with E-state index in [1.165, 1.54) is 25.7 Å². The molecule has 0 aromatic heterocycles. The Balaban J connectivity index is 2.61. The molecule has 0 amide bonds. The standard InChI is InChI=1S/C15H24FN/c1-5-6-7-8-13(3)17(4)14-9-10-15(16)12(2)11-14/h9-11,13H,5-8H2,1-4H3. The molecule has 17 heavy (non-hydrogen) atoms. The van der Waals surface area contributed by atoms with Crippen LogP contribution in [0.5, 0.6) is 0 Å². The van der Waals surface area contributed by atoms with Crippen molar-refractivity contribution >= 4 is 5.69 Å². The first-order chi connectivity index (χ1) is 8.06. The van der Waals surface area contributed by atoms with Crippen molar-refractivity contribution < 1.29 is 4.39 Å². The summed E-state index contributed by atoms with van der Waals surface area (Å²) in [4.78, 5) is 2.24. The van der Waals surface area contributed by atoms with Crippen molar-refractivity contribution in [3.63, 3.8) is 0 Å². The third-order valence-corrected chi connectivity index (χ3v) is 3.44. The topological polar surface area (TPSA) is 3.24 Å². The molecule has 1 nitrogen and oxygen atoms in total. The van der Waals surface area contributed by atoms with Crippen LogP contribution in [0.15, 0.2) is 18.2 Å². The Kier molecular flexibility index (Phi) is 5.46. The lowest BCUT2D eigenvalue weighted by Gasteiger charge is -2.27. The summed E-state index contributed by atoms with van der Waals surface area (Å²) in [6, 6.07) is 5.84. The summed E-state index contributed by atoms with van der Waals surface area (Å²) in [5, 5.41) is 0. The van der Waals surface area contributed by atoms with Crippen LogP contribution >= 0.6 is 0 Å². The van der Waals surface area contributed by atoms with E-state index < -0.39 is 0 Å². The summed E-state index contributed by atoms with van der Waals surface area (Å²) in [6.45, 7) is 6.26. The fourth-order valence-corrected chi connectivity index (χ4v) is 1.99. The van der Waals surface area contributed by atoms with E-state index >= 15 is 0 Å². The molecule has 0 bridgehead atoms. The molecule has 1 rings (SSSR count). The van der Waals surface area contributed by atoms with Crippen LogP contribution in [0.2, 0.25) is 0 Å². The molecule has 0 aliphatic rings. The number of benzene rings is 1. The van der Waals surface area contributed by atoms with E-state index in [4.69, 9.17) is 0 Å². The van der Waals surface area contributed by atoms with Gasteiger partial charge < -0.3 is 4.90 Å². The summed E-state index contributed by atoms with van der Waals surface area (Å²) < 4.78 is 13.2. The van der Waals surface area contributed by atoms with Crippen molar-refractivity contribution in [1.82, 2.24) is 0 Å². The smallest absolute Gasteiger partial charge is 0.126 e. The van der Waals surface area contributed by atoms with Crippen molar-refractivity contribution in [2.45, 2.75) is 52.5 Å². The minimum absolute atomic E-state index is 0.124. The molecule has 0 spiro atoms. The highest BCUT2D eigenvalue weighted by Crippen LogP contribution is 2.21. The normalized spacial score (nSPS) is 12.5. The Labute approximate surface area is 105 Å². The molecule has 0 aliphatic heterocycles. The van der Waals surface area contributed by atoms with Gasteiger partial charge in [0.25, 0.3) is 0 Å². The molecule has 0 fully saturated rings. The molecule has 96 valence electrons. The molecule has 2 heteroatoms. The Morgan fingerprint density at radius 1 is 1.29 bits per heavy atom. The van der Waals surface area contributed by atoms with Crippen LogP contribution in [0.3, 0.4) is 0 Å². The Morgan fingerprint density at radius 3 is 2.59 bits per heavy atom. The molecule has 0 saturated carbocycles. The zero-order chi connectivity index (χ0) is 12.8. The van der Waals surface area contributed by atoms with E-state index in [1.807, 2.05) is 19.1 Å². The van der Waals surface area contributed by atoms with Gasteiger partial charge in [-0.2, -0.15) is 0 Å². The molecule has 0 aliphatic carbocycles. The summed E-state index contributed by atoms with van der Waals surface area (Å²) in [6.07, 6.45) is 5.01. The first-order valence-corrected chi connectivity index (χ1v) is 6.55. The monoisotopic (exact) mass is 237 g/mol. The number of hydrogen-bond donors (Lipinski definition) is 0. The number of nitrogens with zero attached hydrogens (tertiary/aromatic N) is 1. The van der Waals surface area contributed by atoms with Crippen molar-refractivity contribution in [3.8, 4) is 0 Å². The van der Waals surface area contributed by atoms with Crippen molar-refractivity contribution in [2.75, 3.05) is 11.9 Å². The Morgan fingerprint density at radius 2 is 2.00 bits per heavy atom. The average molecular weight is 237 g/mol. The molecule has 1 atom stereocenters. The van der Waals surface area contributed by atoms with E-state index in [-0.39, 0.29) is 5.82 Å². The fourth-order valence-electron chi connectivity index (χ4n) is 1.99. The van der Waals surface area contributed by atoms with Gasteiger partial charge >= 0.3 is 0 Å². The summed E-state index contributed by atoms with van der Waals surface area (Å²) in [7, 11) is 2.09. The second-order valence-electron chi connectivity index (χ2n) is 4.89. The van der Waals surface area contributed by atoms with Gasteiger partial charge in [0.15, 0.2) is 0 Å². The van der Waals surface area contributed by atoms with Crippen LogP contribution in [0.4, 0.5) is 10.1 Å². The summed E-state index contributed by atoms with van der Waals surface area (Å²) in [5.74, 6) is -0.124. The van der Waals surface area contributed by atoms with Crippen LogP contribution in [0, 0.1) is 12.7 Å². The maximum Gasteiger partial charge on any atom is 0.126 e. The molecule has 0 saturated heterocycles. The number of hydrogen-bond acceptors (Lipinski definition) is 1.